The van der Waals surface area contributed by atoms with Gasteiger partial charge in [-0.05, 0) is 49.4 Å². The van der Waals surface area contributed by atoms with Crippen molar-refractivity contribution in [2.75, 3.05) is 30.3 Å². The fourth-order valence-corrected chi connectivity index (χ4v) is 4.09. The summed E-state index contributed by atoms with van der Waals surface area (Å²) in [5.74, 6) is 1.82. The molecule has 0 atom stereocenters. The van der Waals surface area contributed by atoms with Crippen molar-refractivity contribution in [3.63, 3.8) is 0 Å². The molecule has 0 bridgehead atoms. The maximum atomic E-state index is 6.15. The van der Waals surface area contributed by atoms with Crippen LogP contribution in [0.15, 0.2) is 30.3 Å². The van der Waals surface area contributed by atoms with Crippen molar-refractivity contribution in [3.8, 4) is 0 Å². The van der Waals surface area contributed by atoms with E-state index in [1.807, 2.05) is 0 Å². The summed E-state index contributed by atoms with van der Waals surface area (Å²) in [6.07, 6.45) is 8.09. The first kappa shape index (κ1) is 24.7. The van der Waals surface area contributed by atoms with Gasteiger partial charge >= 0.3 is 0 Å². The Balaban J connectivity index is 1.34. The third-order valence-electron chi connectivity index (χ3n) is 5.76. The maximum absolute atomic E-state index is 6.15. The van der Waals surface area contributed by atoms with Gasteiger partial charge in [0.2, 0.25) is 5.95 Å². The molecule has 2 aromatic rings. The predicted molar refractivity (Wildman–Crippen MR) is 135 cm³/mol. The van der Waals surface area contributed by atoms with Crippen LogP contribution in [0.5, 0.6) is 0 Å². The van der Waals surface area contributed by atoms with Crippen molar-refractivity contribution in [2.24, 2.45) is 5.92 Å². The molecule has 1 heterocycles. The smallest absolute Gasteiger partial charge is 0.226 e. The number of benzene rings is 1. The van der Waals surface area contributed by atoms with E-state index in [0.29, 0.717) is 23.6 Å². The summed E-state index contributed by atoms with van der Waals surface area (Å²) in [6.45, 7) is 8.88. The lowest BCUT2D eigenvalue weighted by atomic mass is 9.95. The van der Waals surface area contributed by atoms with Gasteiger partial charge < -0.3 is 21.3 Å². The van der Waals surface area contributed by atoms with Gasteiger partial charge in [0.25, 0.3) is 0 Å². The Morgan fingerprint density at radius 3 is 2.38 bits per heavy atom. The monoisotopic (exact) mass is 458 g/mol. The van der Waals surface area contributed by atoms with E-state index in [4.69, 9.17) is 11.6 Å². The van der Waals surface area contributed by atoms with Crippen LogP contribution in [-0.4, -0.2) is 35.6 Å². The van der Waals surface area contributed by atoms with Gasteiger partial charge in [0.15, 0.2) is 0 Å². The minimum absolute atomic E-state index is 0.434. The second-order valence-electron chi connectivity index (χ2n) is 9.16. The summed E-state index contributed by atoms with van der Waals surface area (Å²) in [5.41, 5.74) is 2.49. The van der Waals surface area contributed by atoms with Crippen molar-refractivity contribution in [3.05, 3.63) is 46.6 Å². The van der Waals surface area contributed by atoms with Crippen molar-refractivity contribution in [1.82, 2.24) is 20.6 Å². The highest BCUT2D eigenvalue weighted by molar-refractivity contribution is 6.29. The standard InChI is InChI=1S/C25H39ClN6/c1-19(2)16-29-24-15-23(26)31-25(32-24)30-18-21-11-9-20(10-12-21)17-27-13-6-14-28-22-7-4-3-5-8-22/h9-12,15,19,22,27-28H,3-8,13-14,16-18H2,1-2H3,(H2,29,30,31,32). The second kappa shape index (κ2) is 13.6. The molecule has 1 aliphatic rings. The van der Waals surface area contributed by atoms with Crippen LogP contribution >= 0.6 is 11.6 Å². The van der Waals surface area contributed by atoms with Gasteiger partial charge in [0.1, 0.15) is 11.0 Å². The Bertz CT molecular complexity index is 790. The Morgan fingerprint density at radius 2 is 1.66 bits per heavy atom. The van der Waals surface area contributed by atoms with Gasteiger partial charge in [-0.1, -0.05) is 69.0 Å². The Morgan fingerprint density at radius 1 is 0.938 bits per heavy atom. The lowest BCUT2D eigenvalue weighted by molar-refractivity contribution is 0.371. The molecule has 1 fully saturated rings. The number of aromatic nitrogens is 2. The summed E-state index contributed by atoms with van der Waals surface area (Å²) < 4.78 is 0. The molecule has 1 saturated carbocycles. The van der Waals surface area contributed by atoms with Crippen LogP contribution in [0.25, 0.3) is 0 Å². The molecule has 7 heteroatoms. The third kappa shape index (κ3) is 9.31. The molecule has 6 nitrogen and oxygen atoms in total. The molecule has 176 valence electrons. The molecule has 32 heavy (non-hydrogen) atoms. The first-order valence-corrected chi connectivity index (χ1v) is 12.5. The topological polar surface area (TPSA) is 73.9 Å². The number of hydrogen-bond acceptors (Lipinski definition) is 6. The zero-order valence-corrected chi connectivity index (χ0v) is 20.3. The van der Waals surface area contributed by atoms with Crippen molar-refractivity contribution >= 4 is 23.4 Å². The summed E-state index contributed by atoms with van der Waals surface area (Å²) in [6, 6.07) is 11.2. The largest absolute Gasteiger partial charge is 0.370 e. The SMILES string of the molecule is CC(C)CNc1cc(Cl)nc(NCc2ccc(CNCCCNC3CCCCC3)cc2)n1. The third-order valence-corrected chi connectivity index (χ3v) is 5.95. The first-order chi connectivity index (χ1) is 15.6. The molecule has 0 saturated heterocycles. The fourth-order valence-electron chi connectivity index (χ4n) is 3.91. The number of nitrogens with zero attached hydrogens (tertiary/aromatic N) is 2. The van der Waals surface area contributed by atoms with Gasteiger partial charge in [-0.25, -0.2) is 4.98 Å². The lowest BCUT2D eigenvalue weighted by Crippen LogP contribution is -2.33. The van der Waals surface area contributed by atoms with Gasteiger partial charge in [0.05, 0.1) is 0 Å². The maximum Gasteiger partial charge on any atom is 0.226 e. The molecule has 0 radical (unpaired) electrons. The number of nitrogens with one attached hydrogen (secondary N) is 4. The van der Waals surface area contributed by atoms with Crippen molar-refractivity contribution in [1.29, 1.82) is 0 Å². The molecule has 3 rings (SSSR count). The molecule has 4 N–H and O–H groups in total. The highest BCUT2D eigenvalue weighted by atomic mass is 35.5. The van der Waals surface area contributed by atoms with E-state index in [2.05, 4.69) is 69.3 Å². The Kier molecular flexibility index (Phi) is 10.5. The van der Waals surface area contributed by atoms with Crippen LogP contribution in [-0.2, 0) is 13.1 Å². The van der Waals surface area contributed by atoms with E-state index in [0.717, 1.165) is 38.0 Å². The summed E-state index contributed by atoms with van der Waals surface area (Å²) in [7, 11) is 0. The number of rotatable bonds is 13. The van der Waals surface area contributed by atoms with Crippen molar-refractivity contribution < 1.29 is 0 Å². The minimum atomic E-state index is 0.434. The quantitative estimate of drug-likeness (QED) is 0.244. The number of hydrogen-bond donors (Lipinski definition) is 4. The van der Waals surface area contributed by atoms with Crippen LogP contribution in [0.4, 0.5) is 11.8 Å². The highest BCUT2D eigenvalue weighted by Gasteiger charge is 2.11. The van der Waals surface area contributed by atoms with E-state index in [-0.39, 0.29) is 0 Å². The molecule has 1 aliphatic carbocycles. The van der Waals surface area contributed by atoms with E-state index in [1.165, 1.54) is 49.7 Å². The fraction of sp³-hybridized carbons (Fsp3) is 0.600. The van der Waals surface area contributed by atoms with Crippen LogP contribution in [0.3, 0.4) is 0 Å². The van der Waals surface area contributed by atoms with E-state index < -0.39 is 0 Å². The predicted octanol–water partition coefficient (Wildman–Crippen LogP) is 5.21. The molecule has 0 amide bonds. The molecule has 0 spiro atoms. The molecule has 0 aliphatic heterocycles. The van der Waals surface area contributed by atoms with Gasteiger partial charge in [-0.15, -0.1) is 0 Å². The van der Waals surface area contributed by atoms with E-state index >= 15 is 0 Å². The number of anilines is 2. The van der Waals surface area contributed by atoms with Crippen LogP contribution in [0.1, 0.15) is 63.5 Å². The molecular formula is C25H39ClN6. The van der Waals surface area contributed by atoms with Crippen LogP contribution < -0.4 is 21.3 Å². The molecule has 1 aromatic carbocycles. The highest BCUT2D eigenvalue weighted by Crippen LogP contribution is 2.17. The summed E-state index contributed by atoms with van der Waals surface area (Å²) in [4.78, 5) is 8.78. The van der Waals surface area contributed by atoms with E-state index in [1.54, 1.807) is 6.07 Å². The van der Waals surface area contributed by atoms with Gasteiger partial charge in [0, 0.05) is 31.7 Å². The van der Waals surface area contributed by atoms with Gasteiger partial charge in [-0.2, -0.15) is 4.98 Å². The zero-order valence-electron chi connectivity index (χ0n) is 19.6. The number of halogens is 1. The lowest BCUT2D eigenvalue weighted by Gasteiger charge is -2.22. The Labute approximate surface area is 198 Å². The average molecular weight is 459 g/mol. The molecule has 1 aromatic heterocycles. The zero-order chi connectivity index (χ0) is 22.6. The molecule has 0 unspecified atom stereocenters. The normalized spacial score (nSPS) is 14.6. The first-order valence-electron chi connectivity index (χ1n) is 12.1. The van der Waals surface area contributed by atoms with Gasteiger partial charge in [-0.3, -0.25) is 0 Å². The summed E-state index contributed by atoms with van der Waals surface area (Å²) >= 11 is 6.15. The molecular weight excluding hydrogens is 420 g/mol. The van der Waals surface area contributed by atoms with Crippen molar-refractivity contribution in [2.45, 2.75) is 71.5 Å². The second-order valence-corrected chi connectivity index (χ2v) is 9.55. The Hall–Kier alpha value is -1.89. The van der Waals surface area contributed by atoms with E-state index in [9.17, 15) is 0 Å². The summed E-state index contributed by atoms with van der Waals surface area (Å²) in [5, 5.41) is 14.3. The van der Waals surface area contributed by atoms with Crippen LogP contribution in [0.2, 0.25) is 5.15 Å². The minimum Gasteiger partial charge on any atom is -0.370 e. The average Bonchev–Trinajstić information content (AvgIpc) is 2.80. The van der Waals surface area contributed by atoms with Crippen LogP contribution in [0, 0.1) is 5.92 Å².